The Balaban J connectivity index is 3.76. The van der Waals surface area contributed by atoms with Gasteiger partial charge in [-0.15, -0.1) is 0 Å². The van der Waals surface area contributed by atoms with E-state index in [1.807, 2.05) is 0 Å². The molecule has 0 radical (unpaired) electrons. The van der Waals surface area contributed by atoms with E-state index < -0.39 is 0 Å². The summed E-state index contributed by atoms with van der Waals surface area (Å²) < 4.78 is 0. The first-order chi connectivity index (χ1) is 13.5. The van der Waals surface area contributed by atoms with Crippen LogP contribution in [-0.2, 0) is 0 Å². The van der Waals surface area contributed by atoms with Crippen molar-refractivity contribution in [3.63, 3.8) is 0 Å². The highest BCUT2D eigenvalue weighted by Gasteiger charge is 2.04. The lowest BCUT2D eigenvalue weighted by atomic mass is 9.98. The second-order valence-corrected chi connectivity index (χ2v) is 8.62. The van der Waals surface area contributed by atoms with Crippen LogP contribution in [0.4, 0.5) is 0 Å². The molecular formula is C27H46S. The van der Waals surface area contributed by atoms with E-state index in [1.165, 1.54) is 75.4 Å². The van der Waals surface area contributed by atoms with Crippen molar-refractivity contribution in [1.82, 2.24) is 0 Å². The quantitative estimate of drug-likeness (QED) is 0.0951. The highest BCUT2D eigenvalue weighted by atomic mass is 32.1. The average Bonchev–Trinajstić information content (AvgIpc) is 2.70. The third kappa shape index (κ3) is 16.0. The van der Waals surface area contributed by atoms with Gasteiger partial charge in [0.15, 0.2) is 0 Å². The summed E-state index contributed by atoms with van der Waals surface area (Å²) in [7, 11) is 0. The lowest BCUT2D eigenvalue weighted by Crippen LogP contribution is -2.01. The van der Waals surface area contributed by atoms with Crippen molar-refractivity contribution in [2.45, 2.75) is 111 Å². The van der Waals surface area contributed by atoms with Gasteiger partial charge in [-0.05, 0) is 63.4 Å². The van der Waals surface area contributed by atoms with E-state index in [9.17, 15) is 0 Å². The molecule has 1 atom stereocenters. The molecule has 0 aliphatic heterocycles. The van der Waals surface area contributed by atoms with Crippen LogP contribution in [0.15, 0.2) is 48.1 Å². The van der Waals surface area contributed by atoms with Gasteiger partial charge in [0.05, 0.1) is 0 Å². The summed E-state index contributed by atoms with van der Waals surface area (Å²) in [6, 6.07) is 0. The molecule has 0 aromatic rings. The van der Waals surface area contributed by atoms with Crippen LogP contribution in [0.5, 0.6) is 0 Å². The van der Waals surface area contributed by atoms with Crippen LogP contribution < -0.4 is 0 Å². The van der Waals surface area contributed by atoms with Crippen LogP contribution in [-0.4, -0.2) is 4.86 Å². The molecule has 1 heteroatoms. The van der Waals surface area contributed by atoms with Crippen molar-refractivity contribution in [1.29, 1.82) is 0 Å². The maximum atomic E-state index is 5.62. The van der Waals surface area contributed by atoms with Crippen molar-refractivity contribution in [2.24, 2.45) is 5.92 Å². The Bertz CT molecular complexity index is 492. The first kappa shape index (κ1) is 27.0. The smallest absolute Gasteiger partial charge is 0.0221 e. The predicted octanol–water partition coefficient (Wildman–Crippen LogP) is 9.72. The Kier molecular flexibility index (Phi) is 18.7. The molecule has 0 aromatic heterocycles. The highest BCUT2D eigenvalue weighted by Crippen LogP contribution is 2.16. The Labute approximate surface area is 182 Å². The van der Waals surface area contributed by atoms with Gasteiger partial charge >= 0.3 is 0 Å². The zero-order valence-corrected chi connectivity index (χ0v) is 20.1. The first-order valence-electron chi connectivity index (χ1n) is 11.7. The van der Waals surface area contributed by atoms with Crippen molar-refractivity contribution < 1.29 is 0 Å². The molecular weight excluding hydrogens is 356 g/mol. The van der Waals surface area contributed by atoms with Crippen molar-refractivity contribution in [3.05, 3.63) is 48.1 Å². The van der Waals surface area contributed by atoms with E-state index in [0.29, 0.717) is 0 Å². The maximum absolute atomic E-state index is 5.62. The van der Waals surface area contributed by atoms with Crippen molar-refractivity contribution >= 4 is 17.1 Å². The third-order valence-electron chi connectivity index (χ3n) is 5.44. The molecule has 28 heavy (non-hydrogen) atoms. The minimum Gasteiger partial charge on any atom is -0.0958 e. The molecule has 0 bridgehead atoms. The minimum atomic E-state index is 0.772. The second kappa shape index (κ2) is 19.4. The fourth-order valence-electron chi connectivity index (χ4n) is 3.09. The standard InChI is InChI=1S/C27H46S/c1-6-9-10-16-19-25(5)20-17-14-12-11-13-15-18-21-26(8-3)27(28)23-22-24(4)7-2/h8,16,18-19,21,24H,5-7,9-15,17,20,22-23H2,1-4H3/b19-16-,21-18-,26-8+. The first-order valence-corrected chi connectivity index (χ1v) is 12.2. The normalized spacial score (nSPS) is 13.5. The van der Waals surface area contributed by atoms with Gasteiger partial charge < -0.3 is 0 Å². The fraction of sp³-hybridized carbons (Fsp3) is 0.667. The summed E-state index contributed by atoms with van der Waals surface area (Å²) in [6.45, 7) is 13.1. The molecule has 0 saturated heterocycles. The lowest BCUT2D eigenvalue weighted by molar-refractivity contribution is 0.529. The molecule has 0 aromatic carbocycles. The molecule has 0 N–H and O–H groups in total. The minimum absolute atomic E-state index is 0.772. The van der Waals surface area contributed by atoms with Crippen LogP contribution in [0.25, 0.3) is 0 Å². The van der Waals surface area contributed by atoms with Gasteiger partial charge in [0, 0.05) is 4.86 Å². The Morgan fingerprint density at radius 1 is 0.893 bits per heavy atom. The van der Waals surface area contributed by atoms with Gasteiger partial charge in [0.1, 0.15) is 0 Å². The van der Waals surface area contributed by atoms with E-state index in [-0.39, 0.29) is 0 Å². The molecule has 0 saturated carbocycles. The van der Waals surface area contributed by atoms with Crippen LogP contribution in [0.1, 0.15) is 111 Å². The van der Waals surface area contributed by atoms with E-state index in [0.717, 1.165) is 30.0 Å². The van der Waals surface area contributed by atoms with Crippen molar-refractivity contribution in [3.8, 4) is 0 Å². The van der Waals surface area contributed by atoms with Gasteiger partial charge in [-0.2, -0.15) is 0 Å². The Morgan fingerprint density at radius 3 is 2.21 bits per heavy atom. The van der Waals surface area contributed by atoms with Crippen LogP contribution in [0.2, 0.25) is 0 Å². The summed E-state index contributed by atoms with van der Waals surface area (Å²) in [4.78, 5) is 1.13. The molecule has 0 spiro atoms. The van der Waals surface area contributed by atoms with Gasteiger partial charge in [-0.1, -0.05) is 114 Å². The second-order valence-electron chi connectivity index (χ2n) is 8.13. The molecule has 160 valence electrons. The van der Waals surface area contributed by atoms with Crippen LogP contribution in [0.3, 0.4) is 0 Å². The lowest BCUT2D eigenvalue weighted by Gasteiger charge is -2.09. The molecule has 0 heterocycles. The predicted molar refractivity (Wildman–Crippen MR) is 134 cm³/mol. The zero-order valence-electron chi connectivity index (χ0n) is 19.3. The molecule has 0 aliphatic carbocycles. The summed E-state index contributed by atoms with van der Waals surface area (Å²) >= 11 is 5.62. The summed E-state index contributed by atoms with van der Waals surface area (Å²) in [5, 5.41) is 0. The van der Waals surface area contributed by atoms with Gasteiger partial charge in [0.2, 0.25) is 0 Å². The van der Waals surface area contributed by atoms with Crippen molar-refractivity contribution in [2.75, 3.05) is 0 Å². The monoisotopic (exact) mass is 402 g/mol. The zero-order chi connectivity index (χ0) is 21.0. The molecule has 1 unspecified atom stereocenters. The van der Waals surface area contributed by atoms with E-state index in [4.69, 9.17) is 12.2 Å². The topological polar surface area (TPSA) is 0 Å². The van der Waals surface area contributed by atoms with Gasteiger partial charge in [-0.25, -0.2) is 0 Å². The van der Waals surface area contributed by atoms with E-state index in [2.05, 4.69) is 64.7 Å². The number of allylic oxidation sites excluding steroid dienone is 7. The summed E-state index contributed by atoms with van der Waals surface area (Å²) in [5.41, 5.74) is 2.55. The highest BCUT2D eigenvalue weighted by molar-refractivity contribution is 7.80. The molecule has 0 nitrogen and oxygen atoms in total. The molecule has 0 amide bonds. The van der Waals surface area contributed by atoms with Gasteiger partial charge in [0.25, 0.3) is 0 Å². The number of rotatable bonds is 18. The molecule has 0 aliphatic rings. The van der Waals surface area contributed by atoms with E-state index in [1.54, 1.807) is 0 Å². The molecule has 0 rings (SSSR count). The summed E-state index contributed by atoms with van der Waals surface area (Å²) in [6.07, 6.45) is 27.4. The largest absolute Gasteiger partial charge is 0.0958 e. The summed E-state index contributed by atoms with van der Waals surface area (Å²) in [5.74, 6) is 0.772. The average molecular weight is 403 g/mol. The Morgan fingerprint density at radius 2 is 1.54 bits per heavy atom. The van der Waals surface area contributed by atoms with Gasteiger partial charge in [-0.3, -0.25) is 0 Å². The third-order valence-corrected chi connectivity index (χ3v) is 5.88. The number of thiocarbonyl (C=S) groups is 1. The maximum Gasteiger partial charge on any atom is 0.0221 e. The fourth-order valence-corrected chi connectivity index (χ4v) is 3.39. The Hall–Kier alpha value is -0.950. The number of hydrogen-bond acceptors (Lipinski definition) is 1. The number of hydrogen-bond donors (Lipinski definition) is 0. The molecule has 0 fully saturated rings. The number of unbranched alkanes of at least 4 members (excludes halogenated alkanes) is 7. The van der Waals surface area contributed by atoms with Crippen LogP contribution in [0, 0.1) is 5.92 Å². The van der Waals surface area contributed by atoms with E-state index >= 15 is 0 Å². The SMILES string of the molecule is C=C(/C=C\CCCC)CCCCCCC/C=C\C(=C/C)C(=S)CCC(C)CC. The van der Waals surface area contributed by atoms with Crippen LogP contribution >= 0.6 is 12.2 Å².